The number of nitrogens with zero attached hydrogens (tertiary/aromatic N) is 1. The van der Waals surface area contributed by atoms with Gasteiger partial charge in [0.25, 0.3) is 5.91 Å². The summed E-state index contributed by atoms with van der Waals surface area (Å²) in [5.74, 6) is -0.119. The second-order valence-corrected chi connectivity index (χ2v) is 7.66. The van der Waals surface area contributed by atoms with Crippen molar-refractivity contribution >= 4 is 62.5 Å². The van der Waals surface area contributed by atoms with Crippen LogP contribution in [0.3, 0.4) is 0 Å². The van der Waals surface area contributed by atoms with E-state index in [0.29, 0.717) is 9.23 Å². The summed E-state index contributed by atoms with van der Waals surface area (Å²) in [6.45, 7) is 0. The van der Waals surface area contributed by atoms with E-state index in [1.54, 1.807) is 17.5 Å². The van der Waals surface area contributed by atoms with Crippen molar-refractivity contribution in [1.82, 2.24) is 10.3 Å². The smallest absolute Gasteiger partial charge is 0.263 e. The van der Waals surface area contributed by atoms with Gasteiger partial charge in [-0.25, -0.2) is 0 Å². The van der Waals surface area contributed by atoms with Crippen LogP contribution in [0.2, 0.25) is 0 Å². The van der Waals surface area contributed by atoms with Gasteiger partial charge in [-0.3, -0.25) is 9.78 Å². The Labute approximate surface area is 146 Å². The molecule has 0 bridgehead atoms. The minimum absolute atomic E-state index is 0.119. The van der Waals surface area contributed by atoms with E-state index in [-0.39, 0.29) is 5.91 Å². The van der Waals surface area contributed by atoms with Crippen LogP contribution in [0.1, 0.15) is 4.88 Å². The largest absolute Gasteiger partial charge is 0.307 e. The molecule has 0 saturated carbocycles. The first kappa shape index (κ1) is 14.6. The van der Waals surface area contributed by atoms with Gasteiger partial charge < -0.3 is 5.32 Å². The van der Waals surface area contributed by atoms with Gasteiger partial charge in [0, 0.05) is 16.5 Å². The number of hydrogen-bond acceptors (Lipinski definition) is 5. The van der Waals surface area contributed by atoms with E-state index in [9.17, 15) is 4.79 Å². The molecule has 0 unspecified atom stereocenters. The van der Waals surface area contributed by atoms with Crippen molar-refractivity contribution in [3.05, 3.63) is 57.8 Å². The molecule has 23 heavy (non-hydrogen) atoms. The average molecular weight is 354 g/mol. The first-order valence-electron chi connectivity index (χ1n) is 6.87. The normalized spacial score (nSPS) is 16.3. The maximum Gasteiger partial charge on any atom is 0.263 e. The first-order chi connectivity index (χ1) is 11.2. The van der Waals surface area contributed by atoms with Crippen LogP contribution in [-0.2, 0) is 4.79 Å². The number of hydrogen-bond donors (Lipinski definition) is 1. The number of thiophene rings is 1. The highest BCUT2D eigenvalue weighted by atomic mass is 32.2. The molecule has 112 valence electrons. The van der Waals surface area contributed by atoms with E-state index in [0.717, 1.165) is 26.9 Å². The van der Waals surface area contributed by atoms with Gasteiger partial charge in [0.1, 0.15) is 4.32 Å². The molecule has 3 nitrogen and oxygen atoms in total. The monoisotopic (exact) mass is 354 g/mol. The molecule has 0 atom stereocenters. The van der Waals surface area contributed by atoms with Crippen molar-refractivity contribution in [2.24, 2.45) is 0 Å². The lowest BCUT2D eigenvalue weighted by Crippen LogP contribution is -2.17. The number of amides is 1. The van der Waals surface area contributed by atoms with Crippen LogP contribution in [0.25, 0.3) is 28.1 Å². The van der Waals surface area contributed by atoms with Crippen LogP contribution >= 0.6 is 35.3 Å². The molecule has 2 aromatic heterocycles. The van der Waals surface area contributed by atoms with Crippen molar-refractivity contribution in [1.29, 1.82) is 0 Å². The summed E-state index contributed by atoms with van der Waals surface area (Å²) >= 11 is 7.92. The lowest BCUT2D eigenvalue weighted by molar-refractivity contribution is -0.115. The number of fused-ring (bicyclic) bond motifs is 1. The topological polar surface area (TPSA) is 42.0 Å². The second-order valence-electron chi connectivity index (χ2n) is 5.00. The number of benzene rings is 1. The molecule has 0 aliphatic carbocycles. The summed E-state index contributed by atoms with van der Waals surface area (Å²) in [6, 6.07) is 12.3. The van der Waals surface area contributed by atoms with E-state index in [4.69, 9.17) is 12.2 Å². The second kappa shape index (κ2) is 5.88. The lowest BCUT2D eigenvalue weighted by Gasteiger charge is -2.00. The number of aromatic nitrogens is 1. The Bertz CT molecular complexity index is 975. The van der Waals surface area contributed by atoms with Gasteiger partial charge in [0.05, 0.1) is 10.4 Å². The number of thiocarbonyl (C=S) groups is 1. The van der Waals surface area contributed by atoms with Crippen LogP contribution < -0.4 is 5.32 Å². The maximum absolute atomic E-state index is 11.7. The summed E-state index contributed by atoms with van der Waals surface area (Å²) in [5, 5.41) is 5.85. The summed E-state index contributed by atoms with van der Waals surface area (Å²) in [6.07, 6.45) is 3.68. The van der Waals surface area contributed by atoms with Gasteiger partial charge in [-0.15, -0.1) is 11.3 Å². The first-order valence-corrected chi connectivity index (χ1v) is 8.98. The Morgan fingerprint density at radius 1 is 1.17 bits per heavy atom. The molecule has 1 fully saturated rings. The van der Waals surface area contributed by atoms with E-state index in [2.05, 4.69) is 39.9 Å². The fraction of sp³-hybridized carbons (Fsp3) is 0. The van der Waals surface area contributed by atoms with E-state index >= 15 is 0 Å². The quantitative estimate of drug-likeness (QED) is 0.545. The third-order valence-corrected chi connectivity index (χ3v) is 5.51. The van der Waals surface area contributed by atoms with E-state index in [1.165, 1.54) is 11.8 Å². The zero-order valence-corrected chi connectivity index (χ0v) is 14.2. The molecular formula is C17H10N2OS3. The highest BCUT2D eigenvalue weighted by Crippen LogP contribution is 2.32. The van der Waals surface area contributed by atoms with Gasteiger partial charge in [-0.2, -0.15) is 0 Å². The maximum atomic E-state index is 11.7. The van der Waals surface area contributed by atoms with Crippen molar-refractivity contribution < 1.29 is 4.79 Å². The number of carbonyl (C=O) groups excluding carboxylic acids is 1. The Morgan fingerprint density at radius 2 is 2.09 bits per heavy atom. The van der Waals surface area contributed by atoms with Gasteiger partial charge in [-0.05, 0) is 46.8 Å². The van der Waals surface area contributed by atoms with Crippen molar-refractivity contribution in [3.8, 4) is 11.1 Å². The SMILES string of the molecule is O=C1NC(=S)S/C1=C\c1cc(-c2ccc3ncccc3c2)cs1. The Morgan fingerprint density at radius 3 is 2.91 bits per heavy atom. The number of carbonyl (C=O) groups is 1. The molecule has 1 saturated heterocycles. The molecule has 1 aliphatic heterocycles. The minimum atomic E-state index is -0.119. The van der Waals surface area contributed by atoms with Crippen LogP contribution in [0, 0.1) is 0 Å². The molecule has 3 aromatic rings. The minimum Gasteiger partial charge on any atom is -0.307 e. The van der Waals surface area contributed by atoms with Crippen molar-refractivity contribution in [2.45, 2.75) is 0 Å². The molecule has 0 radical (unpaired) electrons. The summed E-state index contributed by atoms with van der Waals surface area (Å²) in [5.41, 5.74) is 3.27. The van der Waals surface area contributed by atoms with Crippen LogP contribution in [-0.4, -0.2) is 15.2 Å². The number of pyridine rings is 1. The van der Waals surface area contributed by atoms with Gasteiger partial charge in [0.15, 0.2) is 0 Å². The number of nitrogens with one attached hydrogen (secondary N) is 1. The highest BCUT2D eigenvalue weighted by Gasteiger charge is 2.22. The van der Waals surface area contributed by atoms with Crippen LogP contribution in [0.5, 0.6) is 0 Å². The standard InChI is InChI=1S/C17H10N2OS3/c20-16-15(23-17(21)19-16)8-13-7-12(9-22-13)10-3-4-14-11(6-10)2-1-5-18-14/h1-9H,(H,19,20,21)/b15-8-. The van der Waals surface area contributed by atoms with E-state index in [1.807, 2.05) is 18.2 Å². The van der Waals surface area contributed by atoms with Gasteiger partial charge in [-0.1, -0.05) is 36.1 Å². The fourth-order valence-corrected chi connectivity index (χ4v) is 4.34. The molecule has 1 aromatic carbocycles. The molecule has 1 aliphatic rings. The van der Waals surface area contributed by atoms with Crippen LogP contribution in [0.15, 0.2) is 52.9 Å². The Hall–Kier alpha value is -2.02. The fourth-order valence-electron chi connectivity index (χ4n) is 2.39. The molecule has 3 heterocycles. The average Bonchev–Trinajstić information content (AvgIpc) is 3.14. The van der Waals surface area contributed by atoms with Crippen molar-refractivity contribution in [2.75, 3.05) is 0 Å². The molecule has 1 amide bonds. The highest BCUT2D eigenvalue weighted by molar-refractivity contribution is 8.26. The third-order valence-electron chi connectivity index (χ3n) is 3.47. The van der Waals surface area contributed by atoms with Gasteiger partial charge >= 0.3 is 0 Å². The van der Waals surface area contributed by atoms with E-state index < -0.39 is 0 Å². The van der Waals surface area contributed by atoms with Crippen LogP contribution in [0.4, 0.5) is 0 Å². The molecule has 4 rings (SSSR count). The molecular weight excluding hydrogens is 344 g/mol. The molecule has 1 N–H and O–H groups in total. The number of rotatable bonds is 2. The Kier molecular flexibility index (Phi) is 3.72. The lowest BCUT2D eigenvalue weighted by atomic mass is 10.1. The zero-order chi connectivity index (χ0) is 15.8. The Balaban J connectivity index is 1.68. The van der Waals surface area contributed by atoms with Crippen molar-refractivity contribution in [3.63, 3.8) is 0 Å². The summed E-state index contributed by atoms with van der Waals surface area (Å²) < 4.78 is 0.514. The predicted octanol–water partition coefficient (Wildman–Crippen LogP) is 4.45. The number of thioether (sulfide) groups is 1. The summed E-state index contributed by atoms with van der Waals surface area (Å²) in [7, 11) is 0. The third kappa shape index (κ3) is 2.93. The molecule has 0 spiro atoms. The predicted molar refractivity (Wildman–Crippen MR) is 101 cm³/mol. The molecule has 6 heteroatoms. The zero-order valence-electron chi connectivity index (χ0n) is 11.8. The van der Waals surface area contributed by atoms with Gasteiger partial charge in [0.2, 0.25) is 0 Å². The summed E-state index contributed by atoms with van der Waals surface area (Å²) in [4.78, 5) is 17.7.